The molecule has 2 aliphatic rings. The molecule has 1 unspecified atom stereocenters. The van der Waals surface area contributed by atoms with Crippen molar-refractivity contribution in [3.63, 3.8) is 0 Å². The van der Waals surface area contributed by atoms with Crippen LogP contribution in [-0.4, -0.2) is 38.9 Å². The van der Waals surface area contributed by atoms with Crippen molar-refractivity contribution in [1.82, 2.24) is 10.6 Å². The Morgan fingerprint density at radius 3 is 2.71 bits per heavy atom. The first kappa shape index (κ1) is 17.9. The molecule has 3 rings (SSSR count). The van der Waals surface area contributed by atoms with Crippen LogP contribution in [-0.2, 0) is 20.2 Å². The van der Waals surface area contributed by atoms with Gasteiger partial charge in [0.2, 0.25) is 5.91 Å². The molecule has 1 heterocycles. The summed E-state index contributed by atoms with van der Waals surface area (Å²) in [6.45, 7) is 0.704. The van der Waals surface area contributed by atoms with Gasteiger partial charge in [0.25, 0.3) is 0 Å². The number of benzene rings is 1. The lowest BCUT2D eigenvalue weighted by Crippen LogP contribution is -2.51. The third-order valence-corrected chi connectivity index (χ3v) is 7.42. The van der Waals surface area contributed by atoms with Crippen molar-refractivity contribution in [1.29, 1.82) is 0 Å². The molecule has 132 valence electrons. The minimum atomic E-state index is -2.89. The molecule has 1 atom stereocenters. The number of halogens is 1. The Balaban J connectivity index is 1.50. The first-order valence-corrected chi connectivity index (χ1v) is 11.0. The zero-order chi connectivity index (χ0) is 17.2. The average Bonchev–Trinajstić information content (AvgIpc) is 2.83. The monoisotopic (exact) mass is 414 g/mol. The van der Waals surface area contributed by atoms with Gasteiger partial charge < -0.3 is 5.32 Å². The van der Waals surface area contributed by atoms with Crippen LogP contribution in [0.1, 0.15) is 31.2 Å². The molecule has 2 fully saturated rings. The van der Waals surface area contributed by atoms with Crippen LogP contribution in [0.15, 0.2) is 28.7 Å². The van der Waals surface area contributed by atoms with Crippen LogP contribution in [0.4, 0.5) is 0 Å². The number of carbonyl (C=O) groups is 1. The van der Waals surface area contributed by atoms with Gasteiger partial charge >= 0.3 is 0 Å². The first-order chi connectivity index (χ1) is 11.4. The van der Waals surface area contributed by atoms with Gasteiger partial charge in [-0.3, -0.25) is 10.1 Å². The van der Waals surface area contributed by atoms with Crippen molar-refractivity contribution >= 4 is 31.7 Å². The molecule has 1 saturated carbocycles. The number of nitrogens with one attached hydrogen (secondary N) is 2. The molecule has 0 bridgehead atoms. The van der Waals surface area contributed by atoms with Crippen molar-refractivity contribution < 1.29 is 13.2 Å². The van der Waals surface area contributed by atoms with Gasteiger partial charge in [0.15, 0.2) is 9.84 Å². The minimum Gasteiger partial charge on any atom is -0.355 e. The van der Waals surface area contributed by atoms with Crippen molar-refractivity contribution in [2.45, 2.75) is 31.2 Å². The van der Waals surface area contributed by atoms with Gasteiger partial charge in [0, 0.05) is 16.6 Å². The summed E-state index contributed by atoms with van der Waals surface area (Å²) in [6, 6.07) is 8.21. The molecule has 0 spiro atoms. The van der Waals surface area contributed by atoms with Crippen LogP contribution in [0.3, 0.4) is 0 Å². The smallest absolute Gasteiger partial charge is 0.233 e. The minimum absolute atomic E-state index is 0.0571. The second kappa shape index (κ2) is 7.14. The topological polar surface area (TPSA) is 75.3 Å². The molecule has 1 aromatic carbocycles. The molecule has 1 amide bonds. The third kappa shape index (κ3) is 4.18. The fourth-order valence-corrected chi connectivity index (χ4v) is 5.75. The van der Waals surface area contributed by atoms with Gasteiger partial charge in [-0.15, -0.1) is 0 Å². The predicted molar refractivity (Wildman–Crippen MR) is 97.4 cm³/mol. The Kier molecular flexibility index (Phi) is 5.32. The summed E-state index contributed by atoms with van der Waals surface area (Å²) in [6.07, 6.45) is 3.86. The summed E-state index contributed by atoms with van der Waals surface area (Å²) in [5.74, 6) is 0.433. The maximum absolute atomic E-state index is 12.1. The van der Waals surface area contributed by atoms with Crippen molar-refractivity contribution in [3.05, 3.63) is 34.3 Å². The molecule has 1 saturated heterocycles. The van der Waals surface area contributed by atoms with E-state index in [4.69, 9.17) is 0 Å². The maximum Gasteiger partial charge on any atom is 0.233 e. The average molecular weight is 415 g/mol. The molecule has 2 N–H and O–H groups in total. The summed E-state index contributed by atoms with van der Waals surface area (Å²) < 4.78 is 23.9. The van der Waals surface area contributed by atoms with E-state index in [0.29, 0.717) is 13.0 Å². The summed E-state index contributed by atoms with van der Waals surface area (Å²) in [5.41, 5.74) is 1.09. The summed E-state index contributed by atoms with van der Waals surface area (Å²) in [5, 5.41) is 6.29. The Labute approximate surface area is 151 Å². The highest BCUT2D eigenvalue weighted by atomic mass is 79.9. The lowest BCUT2D eigenvalue weighted by molar-refractivity contribution is -0.121. The molecule has 5 nitrogen and oxygen atoms in total. The second-order valence-corrected chi connectivity index (χ2v) is 10.0. The summed E-state index contributed by atoms with van der Waals surface area (Å²) in [7, 11) is -2.89. The number of hydrogen-bond donors (Lipinski definition) is 2. The fraction of sp³-hybridized carbons (Fsp3) is 0.588. The van der Waals surface area contributed by atoms with Crippen LogP contribution in [0.5, 0.6) is 0 Å². The molecular formula is C17H23BrN2O3S. The number of carbonyl (C=O) groups excluding carboxylic acids is 1. The Morgan fingerprint density at radius 1 is 1.33 bits per heavy atom. The van der Waals surface area contributed by atoms with Crippen molar-refractivity contribution in [3.8, 4) is 0 Å². The lowest BCUT2D eigenvalue weighted by atomic mass is 9.72. The highest BCUT2D eigenvalue weighted by molar-refractivity contribution is 9.10. The van der Waals surface area contributed by atoms with E-state index in [9.17, 15) is 13.2 Å². The van der Waals surface area contributed by atoms with Gasteiger partial charge in [0.05, 0.1) is 18.1 Å². The van der Waals surface area contributed by atoms with Gasteiger partial charge in [-0.2, -0.15) is 0 Å². The zero-order valence-electron chi connectivity index (χ0n) is 13.6. The molecule has 1 aromatic rings. The molecule has 0 aromatic heterocycles. The standard InChI is InChI=1S/C17H23BrN2O3S/c18-15-4-1-3-14(9-15)17(6-2-7-17)20-11-16(21)19-10-13-5-8-24(22,23)12-13/h1,3-4,9,13,20H,2,5-8,10-12H2,(H,19,21). The van der Waals surface area contributed by atoms with Crippen LogP contribution in [0, 0.1) is 5.92 Å². The van der Waals surface area contributed by atoms with E-state index in [1.807, 2.05) is 12.1 Å². The Morgan fingerprint density at radius 2 is 2.12 bits per heavy atom. The SMILES string of the molecule is O=C(CNC1(c2cccc(Br)c2)CCC1)NCC1CCS(=O)(=O)C1. The quantitative estimate of drug-likeness (QED) is 0.745. The predicted octanol–water partition coefficient (Wildman–Crippen LogP) is 1.97. The normalized spacial score (nSPS) is 24.3. The highest BCUT2D eigenvalue weighted by Crippen LogP contribution is 2.41. The number of rotatable bonds is 6. The van der Waals surface area contributed by atoms with E-state index in [2.05, 4.69) is 38.7 Å². The summed E-state index contributed by atoms with van der Waals surface area (Å²) in [4.78, 5) is 12.1. The number of amides is 1. The zero-order valence-corrected chi connectivity index (χ0v) is 16.0. The first-order valence-electron chi connectivity index (χ1n) is 8.37. The fourth-order valence-electron chi connectivity index (χ4n) is 3.49. The molecule has 1 aliphatic heterocycles. The summed E-state index contributed by atoms with van der Waals surface area (Å²) >= 11 is 3.50. The van der Waals surface area contributed by atoms with Crippen LogP contribution >= 0.6 is 15.9 Å². The van der Waals surface area contributed by atoms with E-state index >= 15 is 0 Å². The van der Waals surface area contributed by atoms with Crippen molar-refractivity contribution in [2.24, 2.45) is 5.92 Å². The molecular weight excluding hydrogens is 392 g/mol. The van der Waals surface area contributed by atoms with Gasteiger partial charge in [-0.25, -0.2) is 8.42 Å². The second-order valence-electron chi connectivity index (χ2n) is 6.87. The Bertz CT molecular complexity index is 716. The Hall–Kier alpha value is -0.920. The maximum atomic E-state index is 12.1. The van der Waals surface area contributed by atoms with E-state index in [-0.39, 0.29) is 35.4 Å². The molecule has 24 heavy (non-hydrogen) atoms. The van der Waals surface area contributed by atoms with E-state index < -0.39 is 9.84 Å². The number of sulfone groups is 1. The lowest BCUT2D eigenvalue weighted by Gasteiger charge is -2.43. The van der Waals surface area contributed by atoms with Gasteiger partial charge in [-0.05, 0) is 49.3 Å². The van der Waals surface area contributed by atoms with Crippen LogP contribution < -0.4 is 10.6 Å². The van der Waals surface area contributed by atoms with Gasteiger partial charge in [-0.1, -0.05) is 28.1 Å². The highest BCUT2D eigenvalue weighted by Gasteiger charge is 2.38. The van der Waals surface area contributed by atoms with E-state index in [1.54, 1.807) is 0 Å². The van der Waals surface area contributed by atoms with E-state index in [0.717, 1.165) is 23.7 Å². The van der Waals surface area contributed by atoms with Crippen LogP contribution in [0.25, 0.3) is 0 Å². The van der Waals surface area contributed by atoms with Crippen LogP contribution in [0.2, 0.25) is 0 Å². The van der Waals surface area contributed by atoms with E-state index in [1.165, 1.54) is 5.56 Å². The third-order valence-electron chi connectivity index (χ3n) is 5.09. The van der Waals surface area contributed by atoms with Crippen molar-refractivity contribution in [2.75, 3.05) is 24.6 Å². The largest absolute Gasteiger partial charge is 0.355 e. The number of hydrogen-bond acceptors (Lipinski definition) is 4. The molecule has 7 heteroatoms. The molecule has 0 radical (unpaired) electrons. The van der Waals surface area contributed by atoms with Gasteiger partial charge in [0.1, 0.15) is 0 Å². The molecule has 1 aliphatic carbocycles.